The number of halogens is 2. The molecule has 0 atom stereocenters. The highest BCUT2D eigenvalue weighted by atomic mass is 35.5. The largest absolute Gasteiger partial charge is 0.325 e. The lowest BCUT2D eigenvalue weighted by Crippen LogP contribution is -2.12. The number of benzene rings is 2. The predicted octanol–water partition coefficient (Wildman–Crippen LogP) is 6.11. The number of carbonyl (C=O) groups excluding carboxylic acids is 1. The number of aromatic nitrogens is 1. The molecule has 0 bridgehead atoms. The van der Waals surface area contributed by atoms with Crippen LogP contribution >= 0.6 is 35.0 Å². The van der Waals surface area contributed by atoms with E-state index in [2.05, 4.69) is 10.3 Å². The van der Waals surface area contributed by atoms with Gasteiger partial charge in [-0.15, -0.1) is 0 Å². The monoisotopic (exact) mass is 402 g/mol. The number of nitrogens with zero attached hydrogens (tertiary/aromatic N) is 1. The molecule has 3 rings (SSSR count). The third-order valence-electron chi connectivity index (χ3n) is 3.64. The second kappa shape index (κ2) is 9.08. The molecule has 3 nitrogen and oxygen atoms in total. The van der Waals surface area contributed by atoms with Gasteiger partial charge in [0.05, 0.1) is 11.9 Å². The van der Waals surface area contributed by atoms with Crippen LogP contribution < -0.4 is 5.32 Å². The van der Waals surface area contributed by atoms with E-state index < -0.39 is 0 Å². The van der Waals surface area contributed by atoms with Crippen molar-refractivity contribution in [3.63, 3.8) is 0 Å². The van der Waals surface area contributed by atoms with Crippen molar-refractivity contribution in [3.05, 3.63) is 82.5 Å². The van der Waals surface area contributed by atoms with Gasteiger partial charge in [0.25, 0.3) is 0 Å². The Morgan fingerprint density at radius 1 is 1.00 bits per heavy atom. The topological polar surface area (TPSA) is 42.0 Å². The van der Waals surface area contributed by atoms with Gasteiger partial charge in [0.15, 0.2) is 0 Å². The molecule has 1 N–H and O–H groups in total. The zero-order chi connectivity index (χ0) is 18.4. The number of rotatable bonds is 6. The first kappa shape index (κ1) is 18.8. The quantitative estimate of drug-likeness (QED) is 0.540. The van der Waals surface area contributed by atoms with E-state index in [0.29, 0.717) is 28.6 Å². The molecule has 26 heavy (non-hydrogen) atoms. The molecule has 1 aromatic heterocycles. The summed E-state index contributed by atoms with van der Waals surface area (Å²) in [6, 6.07) is 18.9. The van der Waals surface area contributed by atoms with Crippen LogP contribution in [-0.2, 0) is 11.2 Å². The first-order valence-electron chi connectivity index (χ1n) is 8.03. The van der Waals surface area contributed by atoms with Crippen LogP contribution in [0.25, 0.3) is 0 Å². The number of hydrogen-bond acceptors (Lipinski definition) is 3. The van der Waals surface area contributed by atoms with Crippen molar-refractivity contribution in [1.82, 2.24) is 4.98 Å². The molecule has 0 fully saturated rings. The van der Waals surface area contributed by atoms with Crippen molar-refractivity contribution in [2.24, 2.45) is 0 Å². The first-order chi connectivity index (χ1) is 12.6. The fraction of sp³-hybridized carbons (Fsp3) is 0.100. The van der Waals surface area contributed by atoms with Crippen molar-refractivity contribution < 1.29 is 4.79 Å². The maximum Gasteiger partial charge on any atom is 0.224 e. The Labute approximate surface area is 166 Å². The molecule has 1 heterocycles. The summed E-state index contributed by atoms with van der Waals surface area (Å²) in [4.78, 5) is 17.5. The molecule has 0 aliphatic carbocycles. The molecule has 6 heteroatoms. The van der Waals surface area contributed by atoms with Crippen LogP contribution in [0.5, 0.6) is 0 Å². The molecule has 0 unspecified atom stereocenters. The molecular formula is C20H16Cl2N2OS. The SMILES string of the molecule is O=C(CCc1ccccc1Cl)Nc1ccc(Sc2ccc(Cl)cc2)nc1. The fourth-order valence-corrected chi connectivity index (χ4v) is 3.42. The minimum Gasteiger partial charge on any atom is -0.325 e. The van der Waals surface area contributed by atoms with Gasteiger partial charge in [0, 0.05) is 21.4 Å². The zero-order valence-corrected chi connectivity index (χ0v) is 16.1. The molecule has 3 aromatic rings. The van der Waals surface area contributed by atoms with E-state index in [4.69, 9.17) is 23.2 Å². The number of nitrogens with one attached hydrogen (secondary N) is 1. The second-order valence-corrected chi connectivity index (χ2v) is 7.52. The Bertz CT molecular complexity index is 883. The van der Waals surface area contributed by atoms with Crippen molar-refractivity contribution in [2.45, 2.75) is 22.8 Å². The van der Waals surface area contributed by atoms with Crippen molar-refractivity contribution >= 4 is 46.6 Å². The van der Waals surface area contributed by atoms with Crippen LogP contribution in [0.3, 0.4) is 0 Å². The second-order valence-electron chi connectivity index (χ2n) is 5.58. The molecule has 0 spiro atoms. The van der Waals surface area contributed by atoms with E-state index in [0.717, 1.165) is 15.5 Å². The molecule has 0 saturated carbocycles. The Morgan fingerprint density at radius 2 is 1.77 bits per heavy atom. The van der Waals surface area contributed by atoms with E-state index in [-0.39, 0.29) is 5.91 Å². The average Bonchev–Trinajstić information content (AvgIpc) is 2.64. The van der Waals surface area contributed by atoms with E-state index in [1.807, 2.05) is 60.7 Å². The van der Waals surface area contributed by atoms with Gasteiger partial charge in [-0.05, 0) is 54.4 Å². The minimum absolute atomic E-state index is 0.0650. The Balaban J connectivity index is 1.52. The standard InChI is InChI=1S/C20H16Cl2N2OS/c21-15-6-9-17(10-7-15)26-20-12-8-16(13-23-20)24-19(25)11-5-14-3-1-2-4-18(14)22/h1-4,6-10,12-13H,5,11H2,(H,24,25). The third-order valence-corrected chi connectivity index (χ3v) is 5.21. The number of pyridine rings is 1. The van der Waals surface area contributed by atoms with E-state index in [1.54, 1.807) is 6.20 Å². The highest BCUT2D eigenvalue weighted by molar-refractivity contribution is 7.99. The third kappa shape index (κ3) is 5.49. The van der Waals surface area contributed by atoms with Crippen LogP contribution in [0, 0.1) is 0 Å². The summed E-state index contributed by atoms with van der Waals surface area (Å²) in [6.45, 7) is 0. The lowest BCUT2D eigenvalue weighted by molar-refractivity contribution is -0.116. The highest BCUT2D eigenvalue weighted by Gasteiger charge is 2.06. The Kier molecular flexibility index (Phi) is 6.56. The van der Waals surface area contributed by atoms with Gasteiger partial charge in [0.1, 0.15) is 5.03 Å². The lowest BCUT2D eigenvalue weighted by Gasteiger charge is -2.07. The van der Waals surface area contributed by atoms with Crippen LogP contribution in [0.1, 0.15) is 12.0 Å². The van der Waals surface area contributed by atoms with Crippen LogP contribution in [0.15, 0.2) is 76.8 Å². The van der Waals surface area contributed by atoms with Gasteiger partial charge in [-0.3, -0.25) is 4.79 Å². The summed E-state index contributed by atoms with van der Waals surface area (Å²) in [7, 11) is 0. The highest BCUT2D eigenvalue weighted by Crippen LogP contribution is 2.27. The van der Waals surface area contributed by atoms with Crippen LogP contribution in [0.4, 0.5) is 5.69 Å². The van der Waals surface area contributed by atoms with Crippen molar-refractivity contribution in [1.29, 1.82) is 0 Å². The van der Waals surface area contributed by atoms with Crippen LogP contribution in [-0.4, -0.2) is 10.9 Å². The number of amides is 1. The molecule has 132 valence electrons. The normalized spacial score (nSPS) is 10.5. The molecule has 2 aromatic carbocycles. The summed E-state index contributed by atoms with van der Waals surface area (Å²) < 4.78 is 0. The molecule has 0 aliphatic heterocycles. The van der Waals surface area contributed by atoms with Gasteiger partial charge >= 0.3 is 0 Å². The number of anilines is 1. The van der Waals surface area contributed by atoms with Crippen LogP contribution in [0.2, 0.25) is 10.0 Å². The smallest absolute Gasteiger partial charge is 0.224 e. The van der Waals surface area contributed by atoms with E-state index in [1.165, 1.54) is 11.8 Å². The molecule has 0 aliphatic rings. The number of aryl methyl sites for hydroxylation is 1. The number of hydrogen-bond donors (Lipinski definition) is 1. The van der Waals surface area contributed by atoms with Gasteiger partial charge in [-0.2, -0.15) is 0 Å². The summed E-state index contributed by atoms with van der Waals surface area (Å²) >= 11 is 13.5. The number of carbonyl (C=O) groups is 1. The molecule has 1 amide bonds. The van der Waals surface area contributed by atoms with Gasteiger partial charge in [-0.25, -0.2) is 4.98 Å². The first-order valence-corrected chi connectivity index (χ1v) is 9.60. The Hall–Kier alpha value is -2.01. The summed E-state index contributed by atoms with van der Waals surface area (Å²) in [5, 5.41) is 5.10. The summed E-state index contributed by atoms with van der Waals surface area (Å²) in [5.41, 5.74) is 1.65. The van der Waals surface area contributed by atoms with E-state index in [9.17, 15) is 4.79 Å². The predicted molar refractivity (Wildman–Crippen MR) is 108 cm³/mol. The van der Waals surface area contributed by atoms with Crippen molar-refractivity contribution in [3.8, 4) is 0 Å². The lowest BCUT2D eigenvalue weighted by atomic mass is 10.1. The minimum atomic E-state index is -0.0650. The van der Waals surface area contributed by atoms with Gasteiger partial charge in [0.2, 0.25) is 5.91 Å². The molecule has 0 saturated heterocycles. The summed E-state index contributed by atoms with van der Waals surface area (Å²) in [5.74, 6) is -0.0650. The van der Waals surface area contributed by atoms with Gasteiger partial charge < -0.3 is 5.32 Å². The maximum atomic E-state index is 12.1. The fourth-order valence-electron chi connectivity index (χ4n) is 2.31. The van der Waals surface area contributed by atoms with Crippen molar-refractivity contribution in [2.75, 3.05) is 5.32 Å². The Morgan fingerprint density at radius 3 is 2.46 bits per heavy atom. The van der Waals surface area contributed by atoms with E-state index >= 15 is 0 Å². The maximum absolute atomic E-state index is 12.1. The molecule has 0 radical (unpaired) electrons. The van der Waals surface area contributed by atoms with Gasteiger partial charge in [-0.1, -0.05) is 53.2 Å². The average molecular weight is 403 g/mol. The zero-order valence-electron chi connectivity index (χ0n) is 13.8. The summed E-state index contributed by atoms with van der Waals surface area (Å²) in [6.07, 6.45) is 2.63. The molecular weight excluding hydrogens is 387 g/mol.